The fourth-order valence-corrected chi connectivity index (χ4v) is 3.70. The molecule has 0 aliphatic carbocycles. The number of guanidine groups is 1. The summed E-state index contributed by atoms with van der Waals surface area (Å²) in [4.78, 5) is 49.9. The third-order valence-corrected chi connectivity index (χ3v) is 5.56. The Morgan fingerprint density at radius 2 is 1.42 bits per heavy atom. The highest BCUT2D eigenvalue weighted by molar-refractivity contribution is 5.93. The van der Waals surface area contributed by atoms with Crippen LogP contribution in [0.25, 0.3) is 0 Å². The Bertz CT molecular complexity index is 1110. The first-order valence-electron chi connectivity index (χ1n) is 12.0. The minimum Gasteiger partial charge on any atom is -0.480 e. The van der Waals surface area contributed by atoms with Crippen molar-refractivity contribution in [3.63, 3.8) is 0 Å². The Labute approximate surface area is 219 Å². The lowest BCUT2D eigenvalue weighted by Gasteiger charge is -2.24. The zero-order valence-corrected chi connectivity index (χ0v) is 21.0. The lowest BCUT2D eigenvalue weighted by Crippen LogP contribution is -2.56. The average Bonchev–Trinajstić information content (AvgIpc) is 2.86. The van der Waals surface area contributed by atoms with Gasteiger partial charge < -0.3 is 32.1 Å². The molecule has 0 aliphatic heterocycles. The highest BCUT2D eigenvalue weighted by Crippen LogP contribution is 2.09. The molecule has 0 aromatic heterocycles. The van der Waals surface area contributed by atoms with Gasteiger partial charge in [0.1, 0.15) is 23.9 Å². The van der Waals surface area contributed by atoms with E-state index >= 15 is 0 Å². The zero-order chi connectivity index (χ0) is 28.1. The van der Waals surface area contributed by atoms with Gasteiger partial charge in [-0.25, -0.2) is 9.18 Å². The topological polar surface area (TPSA) is 186 Å². The van der Waals surface area contributed by atoms with Gasteiger partial charge in [-0.15, -0.1) is 0 Å². The summed E-state index contributed by atoms with van der Waals surface area (Å²) in [5.74, 6) is -3.81. The number of rotatable bonds is 14. The molecule has 0 radical (unpaired) electrons. The average molecular weight is 529 g/mol. The molecule has 3 amide bonds. The first kappa shape index (κ1) is 29.7. The van der Waals surface area contributed by atoms with Crippen LogP contribution in [0.2, 0.25) is 0 Å². The molecule has 0 saturated carbocycles. The van der Waals surface area contributed by atoms with Crippen molar-refractivity contribution in [3.8, 4) is 0 Å². The molecule has 8 N–H and O–H groups in total. The Hall–Kier alpha value is -4.48. The van der Waals surface area contributed by atoms with Crippen molar-refractivity contribution in [2.24, 2.45) is 5.73 Å². The van der Waals surface area contributed by atoms with Crippen LogP contribution >= 0.6 is 0 Å². The van der Waals surface area contributed by atoms with Gasteiger partial charge in [0.15, 0.2) is 5.96 Å². The number of benzene rings is 2. The predicted molar refractivity (Wildman–Crippen MR) is 139 cm³/mol. The normalized spacial score (nSPS) is 12.9. The quantitative estimate of drug-likeness (QED) is 0.105. The van der Waals surface area contributed by atoms with E-state index in [2.05, 4.69) is 21.3 Å². The molecule has 0 aliphatic rings. The van der Waals surface area contributed by atoms with E-state index in [9.17, 15) is 28.7 Å². The maximum atomic E-state index is 13.4. The predicted octanol–water partition coefficient (Wildman–Crippen LogP) is 0.433. The SMILES string of the molecule is CC(=O)N[C@@H](CCCNC(=N)N)C(=O)N[C@@H](Cc1ccc(F)cc1)C(=O)N[C@@H](Cc1ccccc1)C(=O)O. The lowest BCUT2D eigenvalue weighted by molar-refractivity contribution is -0.142. The summed E-state index contributed by atoms with van der Waals surface area (Å²) < 4.78 is 13.4. The molecule has 0 unspecified atom stereocenters. The Balaban J connectivity index is 2.20. The van der Waals surface area contributed by atoms with Crippen LogP contribution in [0, 0.1) is 11.2 Å². The first-order chi connectivity index (χ1) is 18.0. The number of hydrogen-bond donors (Lipinski definition) is 7. The van der Waals surface area contributed by atoms with Gasteiger partial charge in [0, 0.05) is 26.3 Å². The summed E-state index contributed by atoms with van der Waals surface area (Å²) in [5, 5.41) is 27.1. The van der Waals surface area contributed by atoms with Crippen LogP contribution in [-0.4, -0.2) is 59.4 Å². The molecule has 0 saturated heterocycles. The summed E-state index contributed by atoms with van der Waals surface area (Å²) in [6.45, 7) is 1.54. The molecule has 38 heavy (non-hydrogen) atoms. The number of carbonyl (C=O) groups excluding carboxylic acids is 3. The fourth-order valence-electron chi connectivity index (χ4n) is 3.70. The van der Waals surface area contributed by atoms with Crippen LogP contribution in [-0.2, 0) is 32.0 Å². The summed E-state index contributed by atoms with van der Waals surface area (Å²) >= 11 is 0. The van der Waals surface area contributed by atoms with Crippen molar-refractivity contribution >= 4 is 29.7 Å². The Morgan fingerprint density at radius 1 is 0.868 bits per heavy atom. The van der Waals surface area contributed by atoms with Crippen molar-refractivity contribution in [2.45, 2.75) is 50.7 Å². The number of nitrogens with one attached hydrogen (secondary N) is 5. The second-order valence-corrected chi connectivity index (χ2v) is 8.72. The minimum atomic E-state index is -1.26. The molecule has 0 heterocycles. The van der Waals surface area contributed by atoms with E-state index < -0.39 is 47.6 Å². The largest absolute Gasteiger partial charge is 0.480 e. The Kier molecular flexibility index (Phi) is 11.7. The van der Waals surface area contributed by atoms with Gasteiger partial charge in [0.05, 0.1) is 0 Å². The summed E-state index contributed by atoms with van der Waals surface area (Å²) in [7, 11) is 0. The van der Waals surface area contributed by atoms with Gasteiger partial charge in [-0.1, -0.05) is 42.5 Å². The maximum absolute atomic E-state index is 13.4. The molecule has 2 aromatic carbocycles. The molecular weight excluding hydrogens is 495 g/mol. The number of halogens is 1. The molecule has 204 valence electrons. The fraction of sp³-hybridized carbons (Fsp3) is 0.346. The molecule has 0 fully saturated rings. The molecular formula is C26H33FN6O5. The molecule has 0 spiro atoms. The van der Waals surface area contributed by atoms with Crippen LogP contribution in [0.15, 0.2) is 54.6 Å². The minimum absolute atomic E-state index is 0.0246. The smallest absolute Gasteiger partial charge is 0.326 e. The van der Waals surface area contributed by atoms with Gasteiger partial charge in [-0.2, -0.15) is 0 Å². The molecule has 12 heteroatoms. The number of hydrogen-bond acceptors (Lipinski definition) is 5. The van der Waals surface area contributed by atoms with Crippen LogP contribution < -0.4 is 27.0 Å². The molecule has 3 atom stereocenters. The van der Waals surface area contributed by atoms with E-state index in [0.717, 1.165) is 0 Å². The van der Waals surface area contributed by atoms with Crippen molar-refractivity contribution in [1.29, 1.82) is 5.41 Å². The zero-order valence-electron chi connectivity index (χ0n) is 21.0. The van der Waals surface area contributed by atoms with Gasteiger partial charge in [-0.05, 0) is 36.1 Å². The van der Waals surface area contributed by atoms with Gasteiger partial charge in [0.2, 0.25) is 17.7 Å². The van der Waals surface area contributed by atoms with Crippen LogP contribution in [0.3, 0.4) is 0 Å². The first-order valence-corrected chi connectivity index (χ1v) is 12.0. The third-order valence-electron chi connectivity index (χ3n) is 5.56. The molecule has 11 nitrogen and oxygen atoms in total. The Morgan fingerprint density at radius 3 is 2.00 bits per heavy atom. The van der Waals surface area contributed by atoms with Gasteiger partial charge in [-0.3, -0.25) is 19.8 Å². The molecule has 0 bridgehead atoms. The highest BCUT2D eigenvalue weighted by atomic mass is 19.1. The van der Waals surface area contributed by atoms with Crippen LogP contribution in [0.5, 0.6) is 0 Å². The number of amides is 3. The van der Waals surface area contributed by atoms with E-state index in [4.69, 9.17) is 11.1 Å². The number of carboxylic acid groups (broad SMARTS) is 1. The van der Waals surface area contributed by atoms with E-state index in [0.29, 0.717) is 17.5 Å². The van der Waals surface area contributed by atoms with Crippen LogP contribution in [0.1, 0.15) is 30.9 Å². The third kappa shape index (κ3) is 10.6. The number of carbonyl (C=O) groups is 4. The standard InChI is InChI=1S/C26H33FN6O5/c1-16(34)31-20(8-5-13-30-26(28)29)23(35)32-21(14-18-9-11-19(27)12-10-18)24(36)33-22(25(37)38)15-17-6-3-2-4-7-17/h2-4,6-7,9-12,20-22H,5,8,13-15H2,1H3,(H,31,34)(H,32,35)(H,33,36)(H,37,38)(H4,28,29,30)/t20-,21-,22-/m0/s1. The van der Waals surface area contributed by atoms with Crippen LogP contribution in [0.4, 0.5) is 4.39 Å². The van der Waals surface area contributed by atoms with Crippen molar-refractivity contribution in [1.82, 2.24) is 21.3 Å². The summed E-state index contributed by atoms with van der Waals surface area (Å²) in [6.07, 6.45) is 0.540. The van der Waals surface area contributed by atoms with E-state index in [1.54, 1.807) is 30.3 Å². The van der Waals surface area contributed by atoms with E-state index in [1.165, 1.54) is 31.2 Å². The molecule has 2 rings (SSSR count). The number of aliphatic carboxylic acids is 1. The van der Waals surface area contributed by atoms with Crippen molar-refractivity contribution in [2.75, 3.05) is 6.54 Å². The van der Waals surface area contributed by atoms with Crippen molar-refractivity contribution < 1.29 is 28.7 Å². The van der Waals surface area contributed by atoms with Gasteiger partial charge in [0.25, 0.3) is 0 Å². The second kappa shape index (κ2) is 14.9. The molecule has 2 aromatic rings. The summed E-state index contributed by atoms with van der Waals surface area (Å²) in [5.41, 5.74) is 6.48. The number of carboxylic acids is 1. The number of nitrogens with two attached hydrogens (primary N) is 1. The summed E-state index contributed by atoms with van der Waals surface area (Å²) in [6, 6.07) is 10.6. The maximum Gasteiger partial charge on any atom is 0.326 e. The van der Waals surface area contributed by atoms with E-state index in [1.807, 2.05) is 0 Å². The second-order valence-electron chi connectivity index (χ2n) is 8.72. The highest BCUT2D eigenvalue weighted by Gasteiger charge is 2.29. The monoisotopic (exact) mass is 528 g/mol. The van der Waals surface area contributed by atoms with Gasteiger partial charge >= 0.3 is 5.97 Å². The lowest BCUT2D eigenvalue weighted by atomic mass is 10.0. The van der Waals surface area contributed by atoms with E-state index in [-0.39, 0.29) is 31.8 Å². The van der Waals surface area contributed by atoms with Crippen molar-refractivity contribution in [3.05, 3.63) is 71.5 Å².